The van der Waals surface area contributed by atoms with E-state index in [1.165, 1.54) is 36.4 Å². The van der Waals surface area contributed by atoms with Gasteiger partial charge < -0.3 is 20.1 Å². The van der Waals surface area contributed by atoms with E-state index in [1.54, 1.807) is 50.2 Å². The number of imide groups is 1. The quantitative estimate of drug-likeness (QED) is 0.283. The van der Waals surface area contributed by atoms with Crippen molar-refractivity contribution in [1.82, 2.24) is 0 Å². The zero-order valence-corrected chi connectivity index (χ0v) is 22.3. The Bertz CT molecular complexity index is 1530. The first-order valence-electron chi connectivity index (χ1n) is 12.2. The van der Waals surface area contributed by atoms with Crippen LogP contribution in [0.25, 0.3) is 0 Å². The number of benzene rings is 3. The van der Waals surface area contributed by atoms with Crippen LogP contribution in [-0.2, 0) is 19.1 Å². The molecule has 3 aromatic rings. The third-order valence-electron chi connectivity index (χ3n) is 5.69. The lowest BCUT2D eigenvalue weighted by Crippen LogP contribution is -2.32. The van der Waals surface area contributed by atoms with Crippen molar-refractivity contribution in [3.05, 3.63) is 100 Å². The minimum absolute atomic E-state index is 0.166. The zero-order chi connectivity index (χ0) is 28.8. The summed E-state index contributed by atoms with van der Waals surface area (Å²) in [6.07, 6.45) is 0. The number of hydrogen-bond donors (Lipinski definition) is 2. The molecule has 3 aromatic carbocycles. The number of hydrogen-bond acceptors (Lipinski definition) is 8. The standard InChI is InChI=1S/C29H24ClN3O7/c1-3-39-28(37)17-11-13-22(14-12-17)33-26(35)23(30)24(27(33)36)31-20-9-5-7-18(15-20)25(34)32-21-10-6-8-19(16-21)29(38)40-4-2/h5-16,31H,3-4H2,1-2H3,(H,32,34). The Morgan fingerprint density at radius 3 is 1.98 bits per heavy atom. The molecule has 0 aromatic heterocycles. The molecule has 0 saturated carbocycles. The second kappa shape index (κ2) is 12.3. The van der Waals surface area contributed by atoms with Gasteiger partial charge in [-0.25, -0.2) is 14.5 Å². The number of nitrogens with zero attached hydrogens (tertiary/aromatic N) is 1. The highest BCUT2D eigenvalue weighted by Crippen LogP contribution is 2.30. The van der Waals surface area contributed by atoms with Crippen LogP contribution >= 0.6 is 11.6 Å². The smallest absolute Gasteiger partial charge is 0.338 e. The maximum Gasteiger partial charge on any atom is 0.338 e. The van der Waals surface area contributed by atoms with Gasteiger partial charge in [-0.1, -0.05) is 23.7 Å². The Morgan fingerprint density at radius 2 is 1.32 bits per heavy atom. The van der Waals surface area contributed by atoms with E-state index in [0.717, 1.165) is 4.90 Å². The molecular weight excluding hydrogens is 538 g/mol. The maximum atomic E-state index is 13.1. The molecule has 4 rings (SSSR count). The summed E-state index contributed by atoms with van der Waals surface area (Å²) in [5.74, 6) is -2.95. The zero-order valence-electron chi connectivity index (χ0n) is 21.5. The Labute approximate surface area is 234 Å². The molecule has 0 bridgehead atoms. The second-order valence-corrected chi connectivity index (χ2v) is 8.74. The predicted molar refractivity (Wildman–Crippen MR) is 148 cm³/mol. The Hall–Kier alpha value is -4.96. The topological polar surface area (TPSA) is 131 Å². The minimum atomic E-state index is -0.742. The summed E-state index contributed by atoms with van der Waals surface area (Å²) >= 11 is 6.23. The van der Waals surface area contributed by atoms with Crippen LogP contribution in [0.4, 0.5) is 17.1 Å². The van der Waals surface area contributed by atoms with Gasteiger partial charge in [0.2, 0.25) is 0 Å². The number of anilines is 3. The third kappa shape index (κ3) is 6.02. The molecule has 2 N–H and O–H groups in total. The van der Waals surface area contributed by atoms with Crippen molar-refractivity contribution in [2.45, 2.75) is 13.8 Å². The average molecular weight is 562 g/mol. The fourth-order valence-electron chi connectivity index (χ4n) is 3.83. The van der Waals surface area contributed by atoms with Crippen molar-refractivity contribution >= 4 is 58.3 Å². The molecular formula is C29H24ClN3O7. The first kappa shape index (κ1) is 28.1. The van der Waals surface area contributed by atoms with Gasteiger partial charge in [0, 0.05) is 16.9 Å². The van der Waals surface area contributed by atoms with Crippen LogP contribution in [-0.4, -0.2) is 42.9 Å². The molecule has 1 aliphatic heterocycles. The van der Waals surface area contributed by atoms with Gasteiger partial charge in [-0.15, -0.1) is 0 Å². The summed E-state index contributed by atoms with van der Waals surface area (Å²) in [5.41, 5.74) is 1.58. The minimum Gasteiger partial charge on any atom is -0.462 e. The predicted octanol–water partition coefficient (Wildman–Crippen LogP) is 4.73. The summed E-state index contributed by atoms with van der Waals surface area (Å²) in [4.78, 5) is 63.6. The highest BCUT2D eigenvalue weighted by molar-refractivity contribution is 6.53. The van der Waals surface area contributed by atoms with Crippen LogP contribution in [0.2, 0.25) is 0 Å². The molecule has 11 heteroatoms. The lowest BCUT2D eigenvalue weighted by atomic mass is 10.1. The van der Waals surface area contributed by atoms with Gasteiger partial charge in [-0.2, -0.15) is 0 Å². The van der Waals surface area contributed by atoms with Crippen LogP contribution in [0.15, 0.2) is 83.5 Å². The third-order valence-corrected chi connectivity index (χ3v) is 6.04. The van der Waals surface area contributed by atoms with Gasteiger partial charge in [0.1, 0.15) is 10.7 Å². The van der Waals surface area contributed by atoms with Crippen LogP contribution in [0.5, 0.6) is 0 Å². The molecule has 0 saturated heterocycles. The van der Waals surface area contributed by atoms with E-state index >= 15 is 0 Å². The average Bonchev–Trinajstić information content (AvgIpc) is 3.16. The number of amides is 3. The SMILES string of the molecule is CCOC(=O)c1ccc(N2C(=O)C(Cl)=C(Nc3cccc(C(=O)Nc4cccc(C(=O)OCC)c4)c3)C2=O)cc1. The fourth-order valence-corrected chi connectivity index (χ4v) is 4.04. The van der Waals surface area contributed by atoms with Crippen molar-refractivity contribution in [2.75, 3.05) is 28.7 Å². The maximum absolute atomic E-state index is 13.1. The van der Waals surface area contributed by atoms with Crippen molar-refractivity contribution in [3.8, 4) is 0 Å². The Kier molecular flexibility index (Phi) is 8.60. The van der Waals surface area contributed by atoms with E-state index < -0.39 is 29.7 Å². The van der Waals surface area contributed by atoms with Crippen LogP contribution in [0.1, 0.15) is 44.9 Å². The van der Waals surface area contributed by atoms with Gasteiger partial charge in [0.15, 0.2) is 0 Å². The number of ether oxygens (including phenoxy) is 2. The van der Waals surface area contributed by atoms with E-state index in [0.29, 0.717) is 16.9 Å². The number of esters is 2. The molecule has 1 aliphatic rings. The van der Waals surface area contributed by atoms with Crippen LogP contribution in [0.3, 0.4) is 0 Å². The first-order chi connectivity index (χ1) is 19.2. The molecule has 1 heterocycles. The van der Waals surface area contributed by atoms with E-state index in [1.807, 2.05) is 0 Å². The van der Waals surface area contributed by atoms with Crippen LogP contribution < -0.4 is 15.5 Å². The largest absolute Gasteiger partial charge is 0.462 e. The number of carbonyl (C=O) groups is 5. The molecule has 0 aliphatic carbocycles. The van der Waals surface area contributed by atoms with E-state index in [2.05, 4.69) is 10.6 Å². The van der Waals surface area contributed by atoms with Crippen LogP contribution in [0, 0.1) is 0 Å². The molecule has 0 spiro atoms. The number of carbonyl (C=O) groups excluding carboxylic acids is 5. The number of halogens is 1. The van der Waals surface area contributed by atoms with Crippen molar-refractivity contribution in [1.29, 1.82) is 0 Å². The van der Waals surface area contributed by atoms with Gasteiger partial charge in [0.25, 0.3) is 17.7 Å². The van der Waals surface area contributed by atoms with E-state index in [4.69, 9.17) is 21.1 Å². The van der Waals surface area contributed by atoms with Crippen molar-refractivity contribution in [3.63, 3.8) is 0 Å². The lowest BCUT2D eigenvalue weighted by molar-refractivity contribution is -0.120. The lowest BCUT2D eigenvalue weighted by Gasteiger charge is -2.15. The molecule has 0 radical (unpaired) electrons. The normalized spacial score (nSPS) is 12.8. The molecule has 204 valence electrons. The van der Waals surface area contributed by atoms with Gasteiger partial charge in [-0.3, -0.25) is 14.4 Å². The first-order valence-corrected chi connectivity index (χ1v) is 12.6. The van der Waals surface area contributed by atoms with Gasteiger partial charge >= 0.3 is 11.9 Å². The summed E-state index contributed by atoms with van der Waals surface area (Å²) in [6, 6.07) is 18.3. The summed E-state index contributed by atoms with van der Waals surface area (Å²) in [7, 11) is 0. The van der Waals surface area contributed by atoms with Gasteiger partial charge in [0.05, 0.1) is 30.0 Å². The molecule has 0 atom stereocenters. The van der Waals surface area contributed by atoms with Crippen molar-refractivity contribution < 1.29 is 33.4 Å². The van der Waals surface area contributed by atoms with E-state index in [-0.39, 0.29) is 40.8 Å². The number of nitrogens with one attached hydrogen (secondary N) is 2. The fraction of sp³-hybridized carbons (Fsp3) is 0.138. The number of rotatable bonds is 9. The van der Waals surface area contributed by atoms with E-state index in [9.17, 15) is 24.0 Å². The molecule has 0 unspecified atom stereocenters. The summed E-state index contributed by atoms with van der Waals surface area (Å²) < 4.78 is 9.93. The van der Waals surface area contributed by atoms with Gasteiger partial charge in [-0.05, 0) is 74.5 Å². The summed E-state index contributed by atoms with van der Waals surface area (Å²) in [5, 5.41) is 5.22. The molecule has 3 amide bonds. The van der Waals surface area contributed by atoms with Crippen molar-refractivity contribution in [2.24, 2.45) is 0 Å². The molecule has 0 fully saturated rings. The summed E-state index contributed by atoms with van der Waals surface area (Å²) in [6.45, 7) is 3.82. The highest BCUT2D eigenvalue weighted by Gasteiger charge is 2.39. The Balaban J connectivity index is 1.48. The Morgan fingerprint density at radius 1 is 0.750 bits per heavy atom. The monoisotopic (exact) mass is 561 g/mol. The second-order valence-electron chi connectivity index (χ2n) is 8.36. The highest BCUT2D eigenvalue weighted by atomic mass is 35.5. The molecule has 10 nitrogen and oxygen atoms in total. The molecule has 40 heavy (non-hydrogen) atoms.